The number of aromatic amines is 1. The summed E-state index contributed by atoms with van der Waals surface area (Å²) in [5.41, 5.74) is 3.15. The van der Waals surface area contributed by atoms with Crippen LogP contribution in [0.4, 0.5) is 0 Å². The predicted octanol–water partition coefficient (Wildman–Crippen LogP) is 2.80. The molecule has 1 aromatic carbocycles. The number of hydrogen-bond donors (Lipinski definition) is 2. The van der Waals surface area contributed by atoms with Crippen LogP contribution in [0, 0.1) is 6.92 Å². The normalized spacial score (nSPS) is 14.8. The summed E-state index contributed by atoms with van der Waals surface area (Å²) in [6.07, 6.45) is 1.79. The molecule has 1 aromatic heterocycles. The van der Waals surface area contributed by atoms with Crippen LogP contribution < -0.4 is 5.32 Å². The molecule has 9 heteroatoms. The number of benzene rings is 1. The van der Waals surface area contributed by atoms with Crippen molar-refractivity contribution in [3.63, 3.8) is 0 Å². The molecular weight excluding hydrogens is 491 g/mol. The molecule has 2 heterocycles. The van der Waals surface area contributed by atoms with Crippen LogP contribution in [0.5, 0.6) is 0 Å². The van der Waals surface area contributed by atoms with Crippen molar-refractivity contribution in [3.05, 3.63) is 52.3 Å². The first kappa shape index (κ1) is 22.5. The summed E-state index contributed by atoms with van der Waals surface area (Å²) in [5.74, 6) is 0.860. The summed E-state index contributed by atoms with van der Waals surface area (Å²) in [6, 6.07) is 7.62. The Bertz CT molecular complexity index is 807. The van der Waals surface area contributed by atoms with E-state index in [2.05, 4.69) is 20.5 Å². The Hall–Kier alpha value is -1.81. The number of halogens is 2. The Labute approximate surface area is 187 Å². The third-order valence-corrected chi connectivity index (χ3v) is 4.83. The number of piperazine rings is 1. The summed E-state index contributed by atoms with van der Waals surface area (Å²) in [5, 5.41) is 10.9. The van der Waals surface area contributed by atoms with Crippen LogP contribution in [0.15, 0.2) is 35.5 Å². The number of guanidine groups is 1. The number of carbonyl (C=O) groups excluding carboxylic acids is 1. The topological polar surface area (TPSA) is 76.6 Å². The number of nitrogens with zero attached hydrogens (tertiary/aromatic N) is 4. The van der Waals surface area contributed by atoms with Crippen LogP contribution in [0.25, 0.3) is 0 Å². The zero-order valence-electron chi connectivity index (χ0n) is 16.1. The lowest BCUT2D eigenvalue weighted by Crippen LogP contribution is -2.54. The van der Waals surface area contributed by atoms with E-state index in [0.717, 1.165) is 35.9 Å². The van der Waals surface area contributed by atoms with Crippen LogP contribution in [0.3, 0.4) is 0 Å². The van der Waals surface area contributed by atoms with Crippen molar-refractivity contribution in [2.75, 3.05) is 26.2 Å². The highest BCUT2D eigenvalue weighted by Crippen LogP contribution is 2.14. The Kier molecular flexibility index (Phi) is 8.56. The van der Waals surface area contributed by atoms with E-state index in [1.807, 2.05) is 47.9 Å². The van der Waals surface area contributed by atoms with Crippen LogP contribution >= 0.6 is 35.6 Å². The SMILES string of the molecule is CCNC(=NCc1cn[nH]c1C)N1CCN(Cc2ccc(Cl)cc2)C(=O)C1.I. The highest BCUT2D eigenvalue weighted by Gasteiger charge is 2.26. The molecule has 1 aliphatic rings. The second-order valence-electron chi connectivity index (χ2n) is 6.55. The quantitative estimate of drug-likeness (QED) is 0.364. The van der Waals surface area contributed by atoms with E-state index in [0.29, 0.717) is 31.2 Å². The molecule has 0 bridgehead atoms. The molecule has 1 saturated heterocycles. The van der Waals surface area contributed by atoms with Crippen LogP contribution in [-0.2, 0) is 17.9 Å². The zero-order chi connectivity index (χ0) is 19.2. The fourth-order valence-corrected chi connectivity index (χ4v) is 3.11. The number of nitrogens with one attached hydrogen (secondary N) is 2. The summed E-state index contributed by atoms with van der Waals surface area (Å²) in [7, 11) is 0. The third-order valence-electron chi connectivity index (χ3n) is 4.57. The van der Waals surface area contributed by atoms with E-state index in [1.54, 1.807) is 6.20 Å². The molecule has 152 valence electrons. The number of rotatable bonds is 5. The van der Waals surface area contributed by atoms with E-state index in [4.69, 9.17) is 11.6 Å². The number of H-pyrrole nitrogens is 1. The Morgan fingerprint density at radius 2 is 2.07 bits per heavy atom. The maximum absolute atomic E-state index is 12.6. The minimum absolute atomic E-state index is 0. The Morgan fingerprint density at radius 3 is 2.68 bits per heavy atom. The Morgan fingerprint density at radius 1 is 1.32 bits per heavy atom. The van der Waals surface area contributed by atoms with E-state index < -0.39 is 0 Å². The van der Waals surface area contributed by atoms with Gasteiger partial charge in [-0.3, -0.25) is 9.89 Å². The number of aryl methyl sites for hydroxylation is 1. The molecule has 1 fully saturated rings. The van der Waals surface area contributed by atoms with Gasteiger partial charge >= 0.3 is 0 Å². The highest BCUT2D eigenvalue weighted by atomic mass is 127. The lowest BCUT2D eigenvalue weighted by molar-refractivity contribution is -0.135. The molecule has 0 atom stereocenters. The molecule has 2 N–H and O–H groups in total. The van der Waals surface area contributed by atoms with Crippen molar-refractivity contribution < 1.29 is 4.79 Å². The van der Waals surface area contributed by atoms with Crippen LogP contribution in [0.1, 0.15) is 23.7 Å². The van der Waals surface area contributed by atoms with E-state index in [9.17, 15) is 4.79 Å². The molecule has 0 spiro atoms. The molecule has 28 heavy (non-hydrogen) atoms. The van der Waals surface area contributed by atoms with Gasteiger partial charge in [0.25, 0.3) is 0 Å². The molecule has 7 nitrogen and oxygen atoms in total. The van der Waals surface area contributed by atoms with Gasteiger partial charge in [-0.05, 0) is 31.5 Å². The van der Waals surface area contributed by atoms with Crippen molar-refractivity contribution in [2.24, 2.45) is 4.99 Å². The van der Waals surface area contributed by atoms with Gasteiger partial charge in [0.05, 0.1) is 19.3 Å². The molecular formula is C19H26ClIN6O. The second kappa shape index (κ2) is 10.7. The first-order valence-corrected chi connectivity index (χ1v) is 9.49. The number of amides is 1. The Balaban J connectivity index is 0.00000280. The molecule has 0 saturated carbocycles. The number of hydrogen-bond acceptors (Lipinski definition) is 3. The number of carbonyl (C=O) groups is 1. The van der Waals surface area contributed by atoms with Gasteiger partial charge in [0.15, 0.2) is 5.96 Å². The summed E-state index contributed by atoms with van der Waals surface area (Å²) < 4.78 is 0. The summed E-state index contributed by atoms with van der Waals surface area (Å²) in [6.45, 7) is 7.62. The largest absolute Gasteiger partial charge is 0.356 e. The van der Waals surface area contributed by atoms with E-state index in [1.165, 1.54) is 0 Å². The van der Waals surface area contributed by atoms with E-state index >= 15 is 0 Å². The number of aliphatic imine (C=N–C) groups is 1. The van der Waals surface area contributed by atoms with Crippen LogP contribution in [0.2, 0.25) is 5.02 Å². The molecule has 0 radical (unpaired) electrons. The highest BCUT2D eigenvalue weighted by molar-refractivity contribution is 14.0. The second-order valence-corrected chi connectivity index (χ2v) is 6.99. The van der Waals surface area contributed by atoms with Crippen molar-refractivity contribution in [1.29, 1.82) is 0 Å². The summed E-state index contributed by atoms with van der Waals surface area (Å²) >= 11 is 5.93. The maximum atomic E-state index is 12.6. The van der Waals surface area contributed by atoms with Gasteiger partial charge in [-0.15, -0.1) is 24.0 Å². The van der Waals surface area contributed by atoms with Gasteiger partial charge in [0.2, 0.25) is 5.91 Å². The number of aromatic nitrogens is 2. The van der Waals surface area contributed by atoms with E-state index in [-0.39, 0.29) is 29.9 Å². The van der Waals surface area contributed by atoms with Gasteiger partial charge in [-0.2, -0.15) is 5.10 Å². The third kappa shape index (κ3) is 5.84. The van der Waals surface area contributed by atoms with Crippen molar-refractivity contribution in [3.8, 4) is 0 Å². The fourth-order valence-electron chi connectivity index (χ4n) is 2.99. The minimum Gasteiger partial charge on any atom is -0.356 e. The molecule has 1 aliphatic heterocycles. The van der Waals surface area contributed by atoms with Gasteiger partial charge in [0.1, 0.15) is 0 Å². The monoisotopic (exact) mass is 516 g/mol. The van der Waals surface area contributed by atoms with Gasteiger partial charge in [0, 0.05) is 42.5 Å². The molecule has 0 unspecified atom stereocenters. The van der Waals surface area contributed by atoms with Crippen molar-refractivity contribution in [2.45, 2.75) is 26.9 Å². The zero-order valence-corrected chi connectivity index (χ0v) is 19.2. The summed E-state index contributed by atoms with van der Waals surface area (Å²) in [4.78, 5) is 21.2. The van der Waals surface area contributed by atoms with Crippen molar-refractivity contribution >= 4 is 47.4 Å². The lowest BCUT2D eigenvalue weighted by Gasteiger charge is -2.36. The molecule has 0 aliphatic carbocycles. The first-order chi connectivity index (χ1) is 13.1. The molecule has 2 aromatic rings. The average Bonchev–Trinajstić information content (AvgIpc) is 3.07. The van der Waals surface area contributed by atoms with Gasteiger partial charge in [-0.1, -0.05) is 23.7 Å². The maximum Gasteiger partial charge on any atom is 0.242 e. The van der Waals surface area contributed by atoms with Gasteiger partial charge in [-0.25, -0.2) is 4.99 Å². The van der Waals surface area contributed by atoms with Gasteiger partial charge < -0.3 is 15.1 Å². The molecule has 3 rings (SSSR count). The predicted molar refractivity (Wildman–Crippen MR) is 122 cm³/mol. The minimum atomic E-state index is 0. The average molecular weight is 517 g/mol. The molecule has 1 amide bonds. The van der Waals surface area contributed by atoms with Crippen LogP contribution in [-0.4, -0.2) is 58.0 Å². The first-order valence-electron chi connectivity index (χ1n) is 9.11. The fraction of sp³-hybridized carbons (Fsp3) is 0.421. The lowest BCUT2D eigenvalue weighted by atomic mass is 10.2. The smallest absolute Gasteiger partial charge is 0.242 e. The van der Waals surface area contributed by atoms with Crippen molar-refractivity contribution in [1.82, 2.24) is 25.3 Å². The standard InChI is InChI=1S/C19H25ClN6O.HI/c1-3-21-19(22-10-16-11-23-24-14(16)2)26-9-8-25(18(27)13-26)12-15-4-6-17(20)7-5-15;/h4-7,11H,3,8-10,12-13H2,1-2H3,(H,21,22)(H,23,24);1H.